The highest BCUT2D eigenvalue weighted by molar-refractivity contribution is 6.30. The van der Waals surface area contributed by atoms with E-state index in [4.69, 9.17) is 20.8 Å². The van der Waals surface area contributed by atoms with Crippen molar-refractivity contribution < 1.29 is 9.15 Å². The lowest BCUT2D eigenvalue weighted by Crippen LogP contribution is -2.22. The van der Waals surface area contributed by atoms with E-state index in [9.17, 15) is 0 Å². The molecule has 0 fully saturated rings. The third-order valence-electron chi connectivity index (χ3n) is 3.09. The summed E-state index contributed by atoms with van der Waals surface area (Å²) in [4.78, 5) is 0. The smallest absolute Gasteiger partial charge is 0.129 e. The molecule has 20 heavy (non-hydrogen) atoms. The fourth-order valence-electron chi connectivity index (χ4n) is 2.22. The summed E-state index contributed by atoms with van der Waals surface area (Å²) in [7, 11) is 1.66. The van der Waals surface area contributed by atoms with Gasteiger partial charge < -0.3 is 14.5 Å². The van der Waals surface area contributed by atoms with Gasteiger partial charge in [0.15, 0.2) is 0 Å². The van der Waals surface area contributed by atoms with Gasteiger partial charge >= 0.3 is 0 Å². The molecular formula is C16H20ClNO2. The van der Waals surface area contributed by atoms with Crippen LogP contribution in [-0.4, -0.2) is 13.7 Å². The Morgan fingerprint density at radius 3 is 2.85 bits per heavy atom. The van der Waals surface area contributed by atoms with Crippen LogP contribution in [0.4, 0.5) is 0 Å². The maximum Gasteiger partial charge on any atom is 0.129 e. The lowest BCUT2D eigenvalue weighted by molar-refractivity contribution is 0.161. The average molecular weight is 294 g/mol. The second-order valence-corrected chi connectivity index (χ2v) is 5.12. The first kappa shape index (κ1) is 15.1. The van der Waals surface area contributed by atoms with Gasteiger partial charge in [-0.15, -0.1) is 0 Å². The SMILES string of the molecule is CCNC(Cc1cccc(Cl)c1)c1ccc(COC)o1. The molecule has 0 saturated heterocycles. The molecule has 0 amide bonds. The van der Waals surface area contributed by atoms with Gasteiger partial charge in [-0.3, -0.25) is 0 Å². The van der Waals surface area contributed by atoms with Crippen molar-refractivity contribution in [2.75, 3.05) is 13.7 Å². The Balaban J connectivity index is 2.13. The molecule has 1 unspecified atom stereocenters. The molecular weight excluding hydrogens is 274 g/mol. The first-order valence-electron chi connectivity index (χ1n) is 6.78. The molecule has 108 valence electrons. The molecule has 2 rings (SSSR count). The highest BCUT2D eigenvalue weighted by atomic mass is 35.5. The van der Waals surface area contributed by atoms with Crippen LogP contribution in [0.5, 0.6) is 0 Å². The predicted octanol–water partition coefficient (Wildman–Crippen LogP) is 3.97. The number of nitrogens with one attached hydrogen (secondary N) is 1. The van der Waals surface area contributed by atoms with Crippen molar-refractivity contribution in [3.63, 3.8) is 0 Å². The van der Waals surface area contributed by atoms with Crippen molar-refractivity contribution in [1.29, 1.82) is 0 Å². The molecule has 1 aromatic heterocycles. The number of ether oxygens (including phenoxy) is 1. The molecule has 1 heterocycles. The van der Waals surface area contributed by atoms with Gasteiger partial charge in [-0.1, -0.05) is 30.7 Å². The number of rotatable bonds is 7. The van der Waals surface area contributed by atoms with E-state index in [1.165, 1.54) is 5.56 Å². The minimum atomic E-state index is 0.143. The maximum absolute atomic E-state index is 6.04. The van der Waals surface area contributed by atoms with Crippen LogP contribution in [0.1, 0.15) is 30.0 Å². The molecule has 0 aliphatic heterocycles. The van der Waals surface area contributed by atoms with E-state index in [1.807, 2.05) is 30.3 Å². The summed E-state index contributed by atoms with van der Waals surface area (Å²) in [6.45, 7) is 3.46. The number of benzene rings is 1. The normalized spacial score (nSPS) is 12.6. The topological polar surface area (TPSA) is 34.4 Å². The second-order valence-electron chi connectivity index (χ2n) is 4.68. The van der Waals surface area contributed by atoms with Gasteiger partial charge in [0.2, 0.25) is 0 Å². The van der Waals surface area contributed by atoms with Crippen molar-refractivity contribution in [1.82, 2.24) is 5.32 Å². The number of methoxy groups -OCH3 is 1. The third kappa shape index (κ3) is 4.10. The number of hydrogen-bond acceptors (Lipinski definition) is 3. The van der Waals surface area contributed by atoms with Gasteiger partial charge in [0.25, 0.3) is 0 Å². The first-order valence-corrected chi connectivity index (χ1v) is 7.16. The van der Waals surface area contributed by atoms with E-state index >= 15 is 0 Å². The molecule has 3 nitrogen and oxygen atoms in total. The molecule has 1 aromatic carbocycles. The van der Waals surface area contributed by atoms with Crippen molar-refractivity contribution in [3.05, 3.63) is 58.5 Å². The highest BCUT2D eigenvalue weighted by Gasteiger charge is 2.15. The minimum Gasteiger partial charge on any atom is -0.462 e. The van der Waals surface area contributed by atoms with Crippen LogP contribution in [-0.2, 0) is 17.8 Å². The summed E-state index contributed by atoms with van der Waals surface area (Å²) in [5.41, 5.74) is 1.19. The third-order valence-corrected chi connectivity index (χ3v) is 3.33. The lowest BCUT2D eigenvalue weighted by Gasteiger charge is -2.16. The van der Waals surface area contributed by atoms with Crippen LogP contribution in [0.15, 0.2) is 40.8 Å². The number of furan rings is 1. The van der Waals surface area contributed by atoms with Crippen molar-refractivity contribution >= 4 is 11.6 Å². The molecule has 0 bridgehead atoms. The monoisotopic (exact) mass is 293 g/mol. The number of hydrogen-bond donors (Lipinski definition) is 1. The highest BCUT2D eigenvalue weighted by Crippen LogP contribution is 2.22. The van der Waals surface area contributed by atoms with Gasteiger partial charge in [-0.2, -0.15) is 0 Å². The van der Waals surface area contributed by atoms with Crippen molar-refractivity contribution in [2.45, 2.75) is 26.0 Å². The predicted molar refractivity (Wildman–Crippen MR) is 81.0 cm³/mol. The Kier molecular flexibility index (Phi) is 5.65. The number of halogens is 1. The van der Waals surface area contributed by atoms with E-state index < -0.39 is 0 Å². The molecule has 1 atom stereocenters. The van der Waals surface area contributed by atoms with Crippen LogP contribution < -0.4 is 5.32 Å². The van der Waals surface area contributed by atoms with Crippen LogP contribution in [0, 0.1) is 0 Å². The summed E-state index contributed by atoms with van der Waals surface area (Å²) in [6, 6.07) is 12.0. The quantitative estimate of drug-likeness (QED) is 0.839. The van der Waals surface area contributed by atoms with Gasteiger partial charge in [0.05, 0.1) is 6.04 Å². The van der Waals surface area contributed by atoms with E-state index in [0.717, 1.165) is 29.5 Å². The van der Waals surface area contributed by atoms with Crippen molar-refractivity contribution in [2.24, 2.45) is 0 Å². The molecule has 0 saturated carbocycles. The molecule has 0 aliphatic rings. The van der Waals surface area contributed by atoms with Gasteiger partial charge in [-0.25, -0.2) is 0 Å². The minimum absolute atomic E-state index is 0.143. The summed E-state index contributed by atoms with van der Waals surface area (Å²) in [5, 5.41) is 4.21. The Hall–Kier alpha value is -1.29. The molecule has 1 N–H and O–H groups in total. The molecule has 0 spiro atoms. The Bertz CT molecular complexity index is 539. The second kappa shape index (κ2) is 7.48. The van der Waals surface area contributed by atoms with Gasteiger partial charge in [0.1, 0.15) is 18.1 Å². The summed E-state index contributed by atoms with van der Waals surface area (Å²) < 4.78 is 10.9. The van der Waals surface area contributed by atoms with Crippen LogP contribution in [0.3, 0.4) is 0 Å². The zero-order chi connectivity index (χ0) is 14.4. The number of likely N-dealkylation sites (N-methyl/N-ethyl adjacent to an activating group) is 1. The van der Waals surface area contributed by atoms with E-state index in [2.05, 4.69) is 18.3 Å². The van der Waals surface area contributed by atoms with Crippen molar-refractivity contribution in [3.8, 4) is 0 Å². The molecule has 0 radical (unpaired) electrons. The van der Waals surface area contributed by atoms with Crippen LogP contribution in [0.25, 0.3) is 0 Å². The first-order chi connectivity index (χ1) is 9.72. The molecule has 4 heteroatoms. The van der Waals surface area contributed by atoms with E-state index in [0.29, 0.717) is 6.61 Å². The zero-order valence-corrected chi connectivity index (χ0v) is 12.6. The summed E-state index contributed by atoms with van der Waals surface area (Å²) in [6.07, 6.45) is 0.842. The van der Waals surface area contributed by atoms with E-state index in [-0.39, 0.29) is 6.04 Å². The summed E-state index contributed by atoms with van der Waals surface area (Å²) >= 11 is 6.04. The fraction of sp³-hybridized carbons (Fsp3) is 0.375. The Morgan fingerprint density at radius 2 is 2.15 bits per heavy atom. The molecule has 2 aromatic rings. The Morgan fingerprint density at radius 1 is 1.30 bits per heavy atom. The zero-order valence-electron chi connectivity index (χ0n) is 11.9. The molecule has 0 aliphatic carbocycles. The standard InChI is InChI=1S/C16H20ClNO2/c1-3-18-15(10-12-5-4-6-13(17)9-12)16-8-7-14(20-16)11-19-2/h4-9,15,18H,3,10-11H2,1-2H3. The lowest BCUT2D eigenvalue weighted by atomic mass is 10.0. The van der Waals surface area contributed by atoms with Gasteiger partial charge in [0, 0.05) is 12.1 Å². The Labute approximate surface area is 124 Å². The van der Waals surface area contributed by atoms with E-state index in [1.54, 1.807) is 7.11 Å². The fourth-order valence-corrected chi connectivity index (χ4v) is 2.43. The average Bonchev–Trinajstić information content (AvgIpc) is 2.87. The van der Waals surface area contributed by atoms with Crippen LogP contribution >= 0.6 is 11.6 Å². The van der Waals surface area contributed by atoms with Crippen LogP contribution in [0.2, 0.25) is 5.02 Å². The largest absolute Gasteiger partial charge is 0.462 e. The van der Waals surface area contributed by atoms with Gasteiger partial charge in [-0.05, 0) is 42.8 Å². The maximum atomic E-state index is 6.04. The summed E-state index contributed by atoms with van der Waals surface area (Å²) in [5.74, 6) is 1.77.